The summed E-state index contributed by atoms with van der Waals surface area (Å²) < 4.78 is 0.844. The van der Waals surface area contributed by atoms with Gasteiger partial charge in [0.1, 0.15) is 0 Å². The van der Waals surface area contributed by atoms with E-state index in [1.807, 2.05) is 11.4 Å². The molecule has 2 rings (SSSR count). The van der Waals surface area contributed by atoms with Crippen LogP contribution in [0.2, 0.25) is 5.02 Å². The zero-order chi connectivity index (χ0) is 10.1. The Bertz CT molecular complexity index is 490. The van der Waals surface area contributed by atoms with Gasteiger partial charge >= 0.3 is 0 Å². The average molecular weight is 227 g/mol. The monoisotopic (exact) mass is 226 g/mol. The van der Waals surface area contributed by atoms with Gasteiger partial charge in [-0.05, 0) is 28.5 Å². The van der Waals surface area contributed by atoms with E-state index in [0.717, 1.165) is 21.9 Å². The summed E-state index contributed by atoms with van der Waals surface area (Å²) in [5, 5.41) is 12.3. The van der Waals surface area contributed by atoms with Gasteiger partial charge in [0.25, 0.3) is 0 Å². The zero-order valence-electron chi connectivity index (χ0n) is 7.16. The number of aliphatic hydroxyl groups excluding tert-OH is 1. The Morgan fingerprint density at radius 3 is 3.00 bits per heavy atom. The van der Waals surface area contributed by atoms with Crippen molar-refractivity contribution >= 4 is 39.3 Å². The summed E-state index contributed by atoms with van der Waals surface area (Å²) >= 11 is 7.36. The summed E-state index contributed by atoms with van der Waals surface area (Å²) in [5.41, 5.74) is 1.27. The van der Waals surface area contributed by atoms with Crippen LogP contribution in [-0.2, 0) is 6.61 Å². The molecule has 72 valence electrons. The number of hydrogen-bond acceptors (Lipinski definition) is 3. The molecule has 0 unspecified atom stereocenters. The largest absolute Gasteiger partial charge is 0.392 e. The number of aliphatic hydroxyl groups is 1. The second kappa shape index (κ2) is 3.69. The Balaban J connectivity index is 2.88. The summed E-state index contributed by atoms with van der Waals surface area (Å²) in [4.78, 5) is 10.8. The maximum atomic E-state index is 10.8. The molecule has 0 saturated heterocycles. The second-order valence-corrected chi connectivity index (χ2v) is 4.19. The molecule has 0 bridgehead atoms. The number of carbonyl (C=O) groups is 1. The Hall–Kier alpha value is -0.900. The molecule has 1 N–H and O–H groups in total. The van der Waals surface area contributed by atoms with E-state index in [0.29, 0.717) is 10.6 Å². The quantitative estimate of drug-likeness (QED) is 0.800. The molecule has 0 radical (unpaired) electrons. The number of fused-ring (bicyclic) bond motifs is 1. The van der Waals surface area contributed by atoms with Crippen molar-refractivity contribution in [1.29, 1.82) is 0 Å². The topological polar surface area (TPSA) is 37.3 Å². The van der Waals surface area contributed by atoms with Crippen LogP contribution in [0, 0.1) is 0 Å². The molecule has 1 heterocycles. The van der Waals surface area contributed by atoms with Gasteiger partial charge in [-0.3, -0.25) is 4.79 Å². The first-order chi connectivity index (χ1) is 6.77. The Labute approximate surface area is 89.7 Å². The van der Waals surface area contributed by atoms with E-state index in [-0.39, 0.29) is 6.61 Å². The Morgan fingerprint density at radius 1 is 1.57 bits per heavy atom. The van der Waals surface area contributed by atoms with Crippen molar-refractivity contribution in [2.75, 3.05) is 0 Å². The lowest BCUT2D eigenvalue weighted by atomic mass is 10.1. The predicted octanol–water partition coefficient (Wildman–Crippen LogP) is 2.86. The number of rotatable bonds is 2. The van der Waals surface area contributed by atoms with E-state index >= 15 is 0 Å². The highest BCUT2D eigenvalue weighted by molar-refractivity contribution is 7.17. The minimum atomic E-state index is -0.0634. The highest BCUT2D eigenvalue weighted by atomic mass is 35.5. The maximum Gasteiger partial charge on any atom is 0.152 e. The third-order valence-electron chi connectivity index (χ3n) is 2.10. The predicted molar refractivity (Wildman–Crippen MR) is 58.1 cm³/mol. The van der Waals surface area contributed by atoms with Gasteiger partial charge in [0, 0.05) is 4.70 Å². The molecule has 1 aromatic heterocycles. The molecule has 0 aliphatic rings. The van der Waals surface area contributed by atoms with Crippen LogP contribution in [0.25, 0.3) is 10.1 Å². The molecule has 2 nitrogen and oxygen atoms in total. The molecule has 0 atom stereocenters. The summed E-state index contributed by atoms with van der Waals surface area (Å²) in [5.74, 6) is 0. The molecule has 0 spiro atoms. The van der Waals surface area contributed by atoms with E-state index < -0.39 is 0 Å². The molecular formula is C10H7ClO2S. The van der Waals surface area contributed by atoms with Crippen molar-refractivity contribution in [2.24, 2.45) is 0 Å². The van der Waals surface area contributed by atoms with Crippen LogP contribution in [0.5, 0.6) is 0 Å². The average Bonchev–Trinajstić information content (AvgIpc) is 2.65. The number of thiophene rings is 1. The SMILES string of the molecule is O=Cc1c(Cl)cc(CO)c2ccsc12. The lowest BCUT2D eigenvalue weighted by molar-refractivity contribution is 0.112. The van der Waals surface area contributed by atoms with Crippen molar-refractivity contribution in [2.45, 2.75) is 6.61 Å². The number of halogens is 1. The number of benzene rings is 1. The van der Waals surface area contributed by atoms with Gasteiger partial charge in [-0.2, -0.15) is 0 Å². The van der Waals surface area contributed by atoms with Crippen molar-refractivity contribution < 1.29 is 9.90 Å². The van der Waals surface area contributed by atoms with E-state index in [9.17, 15) is 4.79 Å². The van der Waals surface area contributed by atoms with Gasteiger partial charge < -0.3 is 5.11 Å². The summed E-state index contributed by atoms with van der Waals surface area (Å²) in [6, 6.07) is 3.52. The van der Waals surface area contributed by atoms with Crippen LogP contribution < -0.4 is 0 Å². The van der Waals surface area contributed by atoms with Crippen molar-refractivity contribution in [1.82, 2.24) is 0 Å². The van der Waals surface area contributed by atoms with Gasteiger partial charge in [-0.1, -0.05) is 11.6 Å². The van der Waals surface area contributed by atoms with Crippen LogP contribution in [0.4, 0.5) is 0 Å². The van der Waals surface area contributed by atoms with Crippen LogP contribution >= 0.6 is 22.9 Å². The minimum Gasteiger partial charge on any atom is -0.392 e. The Morgan fingerprint density at radius 2 is 2.36 bits per heavy atom. The fourth-order valence-corrected chi connectivity index (χ4v) is 2.71. The second-order valence-electron chi connectivity index (χ2n) is 2.87. The third-order valence-corrected chi connectivity index (χ3v) is 3.36. The lowest BCUT2D eigenvalue weighted by Crippen LogP contribution is -1.89. The fourth-order valence-electron chi connectivity index (χ4n) is 1.43. The highest BCUT2D eigenvalue weighted by Crippen LogP contribution is 2.32. The first-order valence-corrected chi connectivity index (χ1v) is 5.28. The van der Waals surface area contributed by atoms with Crippen molar-refractivity contribution in [3.63, 3.8) is 0 Å². The summed E-state index contributed by atoms with van der Waals surface area (Å²) in [6.45, 7) is -0.0634. The van der Waals surface area contributed by atoms with Gasteiger partial charge in [0.05, 0.1) is 17.2 Å². The van der Waals surface area contributed by atoms with Crippen LogP contribution in [0.3, 0.4) is 0 Å². The van der Waals surface area contributed by atoms with Gasteiger partial charge in [0.2, 0.25) is 0 Å². The van der Waals surface area contributed by atoms with Crippen LogP contribution in [0.15, 0.2) is 17.5 Å². The highest BCUT2D eigenvalue weighted by Gasteiger charge is 2.10. The van der Waals surface area contributed by atoms with Crippen LogP contribution in [-0.4, -0.2) is 11.4 Å². The molecular weight excluding hydrogens is 220 g/mol. The number of carbonyl (C=O) groups excluding carboxylic acids is 1. The molecule has 0 saturated carbocycles. The lowest BCUT2D eigenvalue weighted by Gasteiger charge is -2.03. The Kier molecular flexibility index (Phi) is 2.54. The van der Waals surface area contributed by atoms with Gasteiger partial charge in [-0.15, -0.1) is 11.3 Å². The van der Waals surface area contributed by atoms with Gasteiger partial charge in [-0.25, -0.2) is 0 Å². The van der Waals surface area contributed by atoms with Crippen molar-refractivity contribution in [3.05, 3.63) is 33.7 Å². The number of aldehydes is 1. The first kappa shape index (κ1) is 9.65. The summed E-state index contributed by atoms with van der Waals surface area (Å²) in [6.07, 6.45) is 0.752. The smallest absolute Gasteiger partial charge is 0.152 e. The van der Waals surface area contributed by atoms with Crippen LogP contribution in [0.1, 0.15) is 15.9 Å². The standard InChI is InChI=1S/C10H7ClO2S/c11-9-3-6(4-12)7-1-2-14-10(7)8(9)5-13/h1-3,5,12H,4H2. The van der Waals surface area contributed by atoms with E-state index in [2.05, 4.69) is 0 Å². The van der Waals surface area contributed by atoms with E-state index in [1.165, 1.54) is 11.3 Å². The molecule has 2 aromatic rings. The van der Waals surface area contributed by atoms with Crippen molar-refractivity contribution in [3.8, 4) is 0 Å². The first-order valence-electron chi connectivity index (χ1n) is 4.02. The molecule has 4 heteroatoms. The summed E-state index contributed by atoms with van der Waals surface area (Å²) in [7, 11) is 0. The fraction of sp³-hybridized carbons (Fsp3) is 0.100. The van der Waals surface area contributed by atoms with E-state index in [4.69, 9.17) is 16.7 Å². The molecule has 1 aromatic carbocycles. The third kappa shape index (κ3) is 1.34. The number of hydrogen-bond donors (Lipinski definition) is 1. The minimum absolute atomic E-state index is 0.0634. The maximum absolute atomic E-state index is 10.8. The van der Waals surface area contributed by atoms with E-state index in [1.54, 1.807) is 6.07 Å². The molecule has 0 aliphatic carbocycles. The molecule has 0 aliphatic heterocycles. The zero-order valence-corrected chi connectivity index (χ0v) is 8.73. The normalized spacial score (nSPS) is 10.7. The molecule has 0 amide bonds. The molecule has 14 heavy (non-hydrogen) atoms. The van der Waals surface area contributed by atoms with Gasteiger partial charge in [0.15, 0.2) is 6.29 Å². The molecule has 0 fully saturated rings.